The predicted octanol–water partition coefficient (Wildman–Crippen LogP) is 4.38. The molecular formula is C27H35NO6S. The van der Waals surface area contributed by atoms with Gasteiger partial charge in [0.05, 0.1) is 24.7 Å². The van der Waals surface area contributed by atoms with Crippen LogP contribution in [0, 0.1) is 11.8 Å². The summed E-state index contributed by atoms with van der Waals surface area (Å²) in [4.78, 5) is 39.8. The Bertz CT molecular complexity index is 1040. The first-order chi connectivity index (χ1) is 16.7. The summed E-state index contributed by atoms with van der Waals surface area (Å²) in [5, 5.41) is 3.29. The maximum atomic E-state index is 13.8. The minimum Gasteiger partial charge on any atom is -0.491 e. The summed E-state index contributed by atoms with van der Waals surface area (Å²) in [7, 11) is 1.29. The molecule has 8 heteroatoms. The smallest absolute Gasteiger partial charge is 0.336 e. The SMILES string of the molecule is CCSCCOC(=O)C1=C(C)NC2=C(C(=O)[C@@H](C(=O)OC)[C@H](C)C2)[C@H]1c1ccccc1OC(C)C. The third kappa shape index (κ3) is 5.74. The van der Waals surface area contributed by atoms with Crippen molar-refractivity contribution in [1.29, 1.82) is 0 Å². The lowest BCUT2D eigenvalue weighted by atomic mass is 9.69. The highest BCUT2D eigenvalue weighted by atomic mass is 32.2. The van der Waals surface area contributed by atoms with E-state index in [1.807, 2.05) is 58.9 Å². The Morgan fingerprint density at radius 2 is 1.94 bits per heavy atom. The molecule has 0 radical (unpaired) electrons. The van der Waals surface area contributed by atoms with Gasteiger partial charge in [-0.15, -0.1) is 0 Å². The van der Waals surface area contributed by atoms with Gasteiger partial charge in [-0.25, -0.2) is 4.79 Å². The van der Waals surface area contributed by atoms with Crippen molar-refractivity contribution in [3.05, 3.63) is 52.4 Å². The van der Waals surface area contributed by atoms with Crippen LogP contribution in [-0.4, -0.2) is 49.0 Å². The molecular weight excluding hydrogens is 466 g/mol. The van der Waals surface area contributed by atoms with E-state index in [-0.39, 0.29) is 24.4 Å². The zero-order chi connectivity index (χ0) is 25.7. The number of rotatable bonds is 9. The molecule has 0 saturated heterocycles. The molecule has 2 aliphatic rings. The maximum absolute atomic E-state index is 13.8. The molecule has 0 bridgehead atoms. The third-order valence-electron chi connectivity index (χ3n) is 6.22. The number of Topliss-reactive ketones (excluding diaryl/α,β-unsaturated/α-hetero) is 1. The van der Waals surface area contributed by atoms with Gasteiger partial charge in [0.25, 0.3) is 0 Å². The molecule has 1 aliphatic heterocycles. The summed E-state index contributed by atoms with van der Waals surface area (Å²) in [5.74, 6) is -1.07. The van der Waals surface area contributed by atoms with E-state index < -0.39 is 23.8 Å². The van der Waals surface area contributed by atoms with Gasteiger partial charge >= 0.3 is 11.9 Å². The van der Waals surface area contributed by atoms with Crippen LogP contribution in [-0.2, 0) is 23.9 Å². The van der Waals surface area contributed by atoms with E-state index >= 15 is 0 Å². The number of benzene rings is 1. The first-order valence-electron chi connectivity index (χ1n) is 12.0. The number of ketones is 1. The second kappa shape index (κ2) is 11.8. The number of esters is 2. The summed E-state index contributed by atoms with van der Waals surface area (Å²) in [6.45, 7) is 9.85. The van der Waals surface area contributed by atoms with Crippen LogP contribution in [0.25, 0.3) is 0 Å². The Hall–Kier alpha value is -2.74. The van der Waals surface area contributed by atoms with Crippen molar-refractivity contribution in [2.45, 2.75) is 53.1 Å². The number of nitrogens with one attached hydrogen (secondary N) is 1. The van der Waals surface area contributed by atoms with Crippen LogP contribution in [0.3, 0.4) is 0 Å². The fraction of sp³-hybridized carbons (Fsp3) is 0.519. The Kier molecular flexibility index (Phi) is 9.05. The Morgan fingerprint density at radius 1 is 1.23 bits per heavy atom. The fourth-order valence-electron chi connectivity index (χ4n) is 4.76. The zero-order valence-electron chi connectivity index (χ0n) is 21.3. The van der Waals surface area contributed by atoms with Crippen LogP contribution in [0.1, 0.15) is 52.5 Å². The van der Waals surface area contributed by atoms with Crippen molar-refractivity contribution in [2.24, 2.45) is 11.8 Å². The number of allylic oxidation sites excluding steroid dienone is 3. The van der Waals surface area contributed by atoms with Crippen molar-refractivity contribution < 1.29 is 28.6 Å². The number of dihydropyridines is 1. The number of ether oxygens (including phenoxy) is 3. The number of carbonyl (C=O) groups is 3. The molecule has 1 aromatic carbocycles. The summed E-state index contributed by atoms with van der Waals surface area (Å²) in [6.07, 6.45) is 0.375. The van der Waals surface area contributed by atoms with E-state index in [0.717, 1.165) is 11.4 Å². The van der Waals surface area contributed by atoms with Gasteiger partial charge in [-0.05, 0) is 44.9 Å². The van der Waals surface area contributed by atoms with Gasteiger partial charge in [-0.2, -0.15) is 11.8 Å². The lowest BCUT2D eigenvalue weighted by Gasteiger charge is -2.38. The Balaban J connectivity index is 2.14. The number of hydrogen-bond acceptors (Lipinski definition) is 8. The molecule has 0 aromatic heterocycles. The van der Waals surface area contributed by atoms with Crippen LogP contribution in [0.2, 0.25) is 0 Å². The molecule has 3 atom stereocenters. The van der Waals surface area contributed by atoms with Crippen molar-refractivity contribution in [2.75, 3.05) is 25.2 Å². The molecule has 1 aliphatic carbocycles. The lowest BCUT2D eigenvalue weighted by molar-refractivity contribution is -0.151. The van der Waals surface area contributed by atoms with Gasteiger partial charge in [0, 0.05) is 28.3 Å². The molecule has 1 aromatic rings. The molecule has 1 N–H and O–H groups in total. The molecule has 0 unspecified atom stereocenters. The molecule has 0 fully saturated rings. The zero-order valence-corrected chi connectivity index (χ0v) is 22.1. The molecule has 3 rings (SSSR count). The highest BCUT2D eigenvalue weighted by Crippen LogP contribution is 2.47. The summed E-state index contributed by atoms with van der Waals surface area (Å²) in [5.41, 5.74) is 2.81. The van der Waals surface area contributed by atoms with Gasteiger partial charge in [0.2, 0.25) is 0 Å². The van der Waals surface area contributed by atoms with E-state index in [0.29, 0.717) is 40.3 Å². The number of methoxy groups -OCH3 is 1. The summed E-state index contributed by atoms with van der Waals surface area (Å²) in [6, 6.07) is 7.41. The van der Waals surface area contributed by atoms with Crippen LogP contribution < -0.4 is 10.1 Å². The molecule has 0 saturated carbocycles. The van der Waals surface area contributed by atoms with Crippen molar-refractivity contribution >= 4 is 29.5 Å². The van der Waals surface area contributed by atoms with Gasteiger partial charge in [0.15, 0.2) is 5.78 Å². The van der Waals surface area contributed by atoms with Crippen molar-refractivity contribution in [1.82, 2.24) is 5.32 Å². The van der Waals surface area contributed by atoms with Crippen LogP contribution in [0.4, 0.5) is 0 Å². The van der Waals surface area contributed by atoms with Crippen LogP contribution in [0.15, 0.2) is 46.8 Å². The molecule has 1 heterocycles. The second-order valence-electron chi connectivity index (χ2n) is 9.07. The average molecular weight is 502 g/mol. The fourth-order valence-corrected chi connectivity index (χ4v) is 5.25. The normalized spacial score (nSPS) is 22.0. The first-order valence-corrected chi connectivity index (χ1v) is 13.2. The minimum absolute atomic E-state index is 0.109. The number of para-hydroxylation sites is 1. The largest absolute Gasteiger partial charge is 0.491 e. The molecule has 190 valence electrons. The number of hydrogen-bond donors (Lipinski definition) is 1. The standard InChI is InChI=1S/C27H35NO6S/c1-7-35-13-12-33-27(31)22-17(5)28-19-14-16(4)21(26(30)32-6)25(29)24(19)23(22)18-10-8-9-11-20(18)34-15(2)3/h8-11,15-16,21,23,28H,7,12-14H2,1-6H3/t16-,21+,23+/m1/s1. The summed E-state index contributed by atoms with van der Waals surface area (Å²) >= 11 is 1.69. The van der Waals surface area contributed by atoms with E-state index in [1.165, 1.54) is 7.11 Å². The lowest BCUT2D eigenvalue weighted by Crippen LogP contribution is -2.43. The van der Waals surface area contributed by atoms with Gasteiger partial charge in [0.1, 0.15) is 18.3 Å². The highest BCUT2D eigenvalue weighted by Gasteiger charge is 2.47. The molecule has 0 amide bonds. The van der Waals surface area contributed by atoms with Gasteiger partial charge in [-0.3, -0.25) is 9.59 Å². The van der Waals surface area contributed by atoms with E-state index in [2.05, 4.69) is 5.32 Å². The Morgan fingerprint density at radius 3 is 2.60 bits per heavy atom. The summed E-state index contributed by atoms with van der Waals surface area (Å²) < 4.78 is 16.7. The van der Waals surface area contributed by atoms with Crippen LogP contribution >= 0.6 is 11.8 Å². The number of thioether (sulfide) groups is 1. The molecule has 7 nitrogen and oxygen atoms in total. The van der Waals surface area contributed by atoms with Crippen molar-refractivity contribution in [3.63, 3.8) is 0 Å². The van der Waals surface area contributed by atoms with Gasteiger partial charge in [-0.1, -0.05) is 32.0 Å². The Labute approximate surface area is 211 Å². The molecule has 35 heavy (non-hydrogen) atoms. The van der Waals surface area contributed by atoms with Crippen molar-refractivity contribution in [3.8, 4) is 5.75 Å². The van der Waals surface area contributed by atoms with Gasteiger partial charge < -0.3 is 19.5 Å². The minimum atomic E-state index is -0.933. The second-order valence-corrected chi connectivity index (χ2v) is 10.5. The monoisotopic (exact) mass is 501 g/mol. The average Bonchev–Trinajstić information content (AvgIpc) is 2.80. The van der Waals surface area contributed by atoms with Crippen LogP contribution in [0.5, 0.6) is 5.75 Å². The van der Waals surface area contributed by atoms with E-state index in [1.54, 1.807) is 11.8 Å². The number of carbonyl (C=O) groups excluding carboxylic acids is 3. The predicted molar refractivity (Wildman–Crippen MR) is 136 cm³/mol. The first kappa shape index (κ1) is 26.9. The third-order valence-corrected chi connectivity index (χ3v) is 7.08. The van der Waals surface area contributed by atoms with E-state index in [4.69, 9.17) is 14.2 Å². The quantitative estimate of drug-likeness (QED) is 0.303. The highest BCUT2D eigenvalue weighted by molar-refractivity contribution is 7.99. The maximum Gasteiger partial charge on any atom is 0.336 e. The van der Waals surface area contributed by atoms with E-state index in [9.17, 15) is 14.4 Å². The topological polar surface area (TPSA) is 90.9 Å². The molecule has 0 spiro atoms.